The summed E-state index contributed by atoms with van der Waals surface area (Å²) >= 11 is 0. The largest absolute Gasteiger partial charge is 0.472 e. The lowest BCUT2D eigenvalue weighted by atomic mass is 10.0. The molecule has 0 saturated carbocycles. The molecule has 0 rings (SSSR count). The zero-order chi connectivity index (χ0) is 44.2. The normalized spacial score (nSPS) is 15.3. The van der Waals surface area contributed by atoms with E-state index in [1.807, 2.05) is 6.08 Å². The van der Waals surface area contributed by atoms with Crippen LogP contribution in [0.4, 0.5) is 0 Å². The van der Waals surface area contributed by atoms with E-state index >= 15 is 0 Å². The Bertz CT molecular complexity index is 1150. The molecule has 0 aromatic rings. The SMILES string of the molecule is CCCCC/C=C\C[C@@H](O)[C@H](O)CCCCCCCC(=O)OC[C@H](COP(=O)(O)OC[C@@H](O)COP(=O)(O)O)OC(=O)CCCCCCCCCCCCCCC(C)C. The number of carbonyl (C=O) groups excluding carboxylic acids is 2. The molecule has 350 valence electrons. The summed E-state index contributed by atoms with van der Waals surface area (Å²) in [5, 5.41) is 30.2. The van der Waals surface area contributed by atoms with Gasteiger partial charge in [-0.25, -0.2) is 9.13 Å². The van der Waals surface area contributed by atoms with Crippen molar-refractivity contribution in [2.45, 2.75) is 212 Å². The molecule has 0 heterocycles. The third kappa shape index (κ3) is 40.6. The van der Waals surface area contributed by atoms with Crippen molar-refractivity contribution >= 4 is 27.6 Å². The number of aliphatic hydroxyl groups excluding tert-OH is 3. The number of aliphatic hydroxyl groups is 3. The van der Waals surface area contributed by atoms with Crippen molar-refractivity contribution in [3.8, 4) is 0 Å². The predicted molar refractivity (Wildman–Crippen MR) is 228 cm³/mol. The number of ether oxygens (including phenoxy) is 2. The minimum Gasteiger partial charge on any atom is -0.462 e. The highest BCUT2D eigenvalue weighted by atomic mass is 31.2. The zero-order valence-corrected chi connectivity index (χ0v) is 38.3. The van der Waals surface area contributed by atoms with E-state index in [1.165, 1.54) is 57.8 Å². The van der Waals surface area contributed by atoms with E-state index in [4.69, 9.17) is 23.8 Å². The predicted octanol–water partition coefficient (Wildman–Crippen LogP) is 9.14. The van der Waals surface area contributed by atoms with Crippen LogP contribution in [0, 0.1) is 5.92 Å². The van der Waals surface area contributed by atoms with Crippen LogP contribution in [0.3, 0.4) is 0 Å². The molecule has 0 aliphatic carbocycles. The first-order valence-electron chi connectivity index (χ1n) is 22.4. The van der Waals surface area contributed by atoms with Gasteiger partial charge in [-0.2, -0.15) is 0 Å². The summed E-state index contributed by atoms with van der Waals surface area (Å²) in [6.07, 6.45) is 23.7. The molecule has 0 bridgehead atoms. The molecule has 0 radical (unpaired) electrons. The van der Waals surface area contributed by atoms with Crippen molar-refractivity contribution in [3.63, 3.8) is 0 Å². The topological polar surface area (TPSA) is 236 Å². The fourth-order valence-corrected chi connectivity index (χ4v) is 7.36. The Kier molecular flexibility index (Phi) is 36.6. The Labute approximate surface area is 355 Å². The van der Waals surface area contributed by atoms with Gasteiger partial charge >= 0.3 is 27.6 Å². The number of unbranched alkanes of at least 4 members (excludes halogenated alkanes) is 18. The van der Waals surface area contributed by atoms with E-state index in [0.29, 0.717) is 25.7 Å². The second-order valence-corrected chi connectivity index (χ2v) is 18.8. The van der Waals surface area contributed by atoms with Crippen molar-refractivity contribution in [1.29, 1.82) is 0 Å². The molecule has 1 unspecified atom stereocenters. The van der Waals surface area contributed by atoms with Crippen molar-refractivity contribution in [1.82, 2.24) is 0 Å². The first kappa shape index (κ1) is 57.8. The highest BCUT2D eigenvalue weighted by molar-refractivity contribution is 7.47. The van der Waals surface area contributed by atoms with E-state index in [2.05, 4.69) is 35.9 Å². The number of phosphoric acid groups is 2. The molecule has 5 atom stereocenters. The van der Waals surface area contributed by atoms with Gasteiger partial charge in [0.2, 0.25) is 0 Å². The van der Waals surface area contributed by atoms with Gasteiger partial charge in [0.1, 0.15) is 12.7 Å². The van der Waals surface area contributed by atoms with Crippen LogP contribution in [0.1, 0.15) is 188 Å². The monoisotopic (exact) mass is 889 g/mol. The third-order valence-electron chi connectivity index (χ3n) is 9.77. The molecular weight excluding hydrogens is 806 g/mol. The molecular formula is C42H82O15P2. The molecule has 15 nitrogen and oxygen atoms in total. The van der Waals surface area contributed by atoms with Crippen LogP contribution in [0.15, 0.2) is 12.2 Å². The summed E-state index contributed by atoms with van der Waals surface area (Å²) < 4.78 is 47.7. The smallest absolute Gasteiger partial charge is 0.462 e. The van der Waals surface area contributed by atoms with Crippen LogP contribution in [0.25, 0.3) is 0 Å². The van der Waals surface area contributed by atoms with E-state index in [9.17, 15) is 38.9 Å². The summed E-state index contributed by atoms with van der Waals surface area (Å²) in [6.45, 7) is 3.85. The molecule has 17 heteroatoms. The van der Waals surface area contributed by atoms with Crippen molar-refractivity contribution in [2.24, 2.45) is 5.92 Å². The Morgan fingerprint density at radius 3 is 1.59 bits per heavy atom. The van der Waals surface area contributed by atoms with Gasteiger partial charge in [0.15, 0.2) is 6.10 Å². The van der Waals surface area contributed by atoms with Gasteiger partial charge in [-0.3, -0.25) is 23.2 Å². The molecule has 0 aromatic heterocycles. The lowest BCUT2D eigenvalue weighted by Crippen LogP contribution is -2.30. The Hall–Kier alpha value is -1.22. The minimum atomic E-state index is -4.88. The quantitative estimate of drug-likeness (QED) is 0.0145. The molecule has 0 aromatic carbocycles. The second kappa shape index (κ2) is 37.3. The number of hydrogen-bond acceptors (Lipinski definition) is 12. The highest BCUT2D eigenvalue weighted by Crippen LogP contribution is 2.43. The van der Waals surface area contributed by atoms with Gasteiger partial charge in [-0.15, -0.1) is 0 Å². The maximum absolute atomic E-state index is 12.7. The maximum atomic E-state index is 12.7. The summed E-state index contributed by atoms with van der Waals surface area (Å²) in [5.41, 5.74) is 0. The Morgan fingerprint density at radius 2 is 1.05 bits per heavy atom. The highest BCUT2D eigenvalue weighted by Gasteiger charge is 2.28. The standard InChI is InChI=1S/C42H82O15P2/c1-4-5-6-7-18-23-28-39(44)40(45)29-24-19-16-21-25-30-41(46)53-34-38(35-56-59(51,52)55-33-37(43)32-54-58(48,49)50)57-42(47)31-26-20-15-13-11-9-8-10-12-14-17-22-27-36(2)3/h18,23,36-40,43-45H,4-17,19-22,24-35H2,1-3H3,(H,51,52)(H2,48,49,50)/b23-18-/t37-,38+,39+,40+/m0/s1. The molecule has 6 N–H and O–H groups in total. The average molecular weight is 889 g/mol. The third-order valence-corrected chi connectivity index (χ3v) is 11.2. The van der Waals surface area contributed by atoms with E-state index in [0.717, 1.165) is 76.5 Å². The first-order valence-corrected chi connectivity index (χ1v) is 25.4. The Morgan fingerprint density at radius 1 is 0.559 bits per heavy atom. The number of carbonyl (C=O) groups is 2. The molecule has 0 aliphatic rings. The van der Waals surface area contributed by atoms with Crippen LogP contribution in [0.2, 0.25) is 0 Å². The van der Waals surface area contributed by atoms with Gasteiger partial charge < -0.3 is 39.5 Å². The molecule has 59 heavy (non-hydrogen) atoms. The number of phosphoric ester groups is 2. The van der Waals surface area contributed by atoms with Gasteiger partial charge in [0.05, 0.1) is 32.0 Å². The summed E-state index contributed by atoms with van der Waals surface area (Å²) in [5.74, 6) is -0.353. The fourth-order valence-electron chi connectivity index (χ4n) is 6.20. The molecule has 0 aliphatic heterocycles. The Balaban J connectivity index is 4.59. The average Bonchev–Trinajstić information content (AvgIpc) is 3.17. The van der Waals surface area contributed by atoms with E-state index in [1.54, 1.807) is 0 Å². The minimum absolute atomic E-state index is 0.0993. The number of esters is 2. The van der Waals surface area contributed by atoms with Crippen molar-refractivity contribution in [2.75, 3.05) is 26.4 Å². The molecule has 0 amide bonds. The van der Waals surface area contributed by atoms with Crippen LogP contribution in [-0.4, -0.2) is 92.8 Å². The van der Waals surface area contributed by atoms with Crippen LogP contribution >= 0.6 is 15.6 Å². The molecule has 0 fully saturated rings. The lowest BCUT2D eigenvalue weighted by molar-refractivity contribution is -0.161. The van der Waals surface area contributed by atoms with Crippen molar-refractivity contribution in [3.05, 3.63) is 12.2 Å². The lowest BCUT2D eigenvalue weighted by Gasteiger charge is -2.20. The van der Waals surface area contributed by atoms with Gasteiger partial charge in [0, 0.05) is 12.8 Å². The van der Waals surface area contributed by atoms with E-state index < -0.39 is 78.4 Å². The number of allylic oxidation sites excluding steroid dienone is 1. The maximum Gasteiger partial charge on any atom is 0.472 e. The summed E-state index contributed by atoms with van der Waals surface area (Å²) in [6, 6.07) is 0. The van der Waals surface area contributed by atoms with Gasteiger partial charge in [-0.05, 0) is 44.4 Å². The van der Waals surface area contributed by atoms with Crippen LogP contribution in [-0.2, 0) is 41.8 Å². The zero-order valence-electron chi connectivity index (χ0n) is 36.5. The fraction of sp³-hybridized carbons (Fsp3) is 0.905. The summed E-state index contributed by atoms with van der Waals surface area (Å²) in [7, 11) is -9.72. The van der Waals surface area contributed by atoms with Crippen molar-refractivity contribution < 1.29 is 71.8 Å². The number of hydrogen-bond donors (Lipinski definition) is 6. The molecule has 0 spiro atoms. The van der Waals surface area contributed by atoms with Crippen LogP contribution in [0.5, 0.6) is 0 Å². The second-order valence-electron chi connectivity index (χ2n) is 16.1. The first-order chi connectivity index (χ1) is 28.0. The summed E-state index contributed by atoms with van der Waals surface area (Å²) in [4.78, 5) is 52.7. The van der Waals surface area contributed by atoms with Gasteiger partial charge in [-0.1, -0.05) is 148 Å². The molecule has 0 saturated heterocycles. The van der Waals surface area contributed by atoms with Crippen LogP contribution < -0.4 is 0 Å². The van der Waals surface area contributed by atoms with Gasteiger partial charge in [0.25, 0.3) is 0 Å². The van der Waals surface area contributed by atoms with E-state index in [-0.39, 0.29) is 12.8 Å². The number of rotatable bonds is 42.